The van der Waals surface area contributed by atoms with E-state index < -0.39 is 0 Å². The van der Waals surface area contributed by atoms with Crippen LogP contribution in [0, 0.1) is 11.8 Å². The topological polar surface area (TPSA) is 47.3 Å². The summed E-state index contributed by atoms with van der Waals surface area (Å²) in [5, 5.41) is 3.79. The minimum Gasteiger partial charge on any atom is -0.378 e. The monoisotopic (exact) mass is 254 g/mol. The predicted octanol–water partition coefficient (Wildman–Crippen LogP) is 2.30. The Morgan fingerprint density at radius 1 is 1.44 bits per heavy atom. The quantitative estimate of drug-likeness (QED) is 0.733. The highest BCUT2D eigenvalue weighted by Crippen LogP contribution is 2.36. The van der Waals surface area contributed by atoms with Crippen molar-refractivity contribution in [2.24, 2.45) is 17.6 Å². The Morgan fingerprint density at radius 3 is 2.83 bits per heavy atom. The van der Waals surface area contributed by atoms with Crippen molar-refractivity contribution in [1.82, 2.24) is 5.32 Å². The molecule has 3 N–H and O–H groups in total. The Morgan fingerprint density at radius 2 is 2.22 bits per heavy atom. The molecule has 106 valence electrons. The lowest BCUT2D eigenvalue weighted by atomic mass is 9.84. The molecule has 2 fully saturated rings. The second kappa shape index (κ2) is 6.36. The normalized spacial score (nSPS) is 34.5. The van der Waals surface area contributed by atoms with Crippen LogP contribution in [0.15, 0.2) is 0 Å². The molecule has 0 amide bonds. The van der Waals surface area contributed by atoms with Gasteiger partial charge in [-0.25, -0.2) is 0 Å². The molecule has 0 aromatic heterocycles. The molecule has 1 aliphatic heterocycles. The van der Waals surface area contributed by atoms with E-state index in [9.17, 15) is 0 Å². The molecule has 1 aliphatic carbocycles. The zero-order valence-electron chi connectivity index (χ0n) is 12.1. The molecule has 1 heterocycles. The van der Waals surface area contributed by atoms with Crippen molar-refractivity contribution in [2.45, 2.75) is 64.0 Å². The van der Waals surface area contributed by atoms with Gasteiger partial charge in [0.05, 0.1) is 6.10 Å². The smallest absolute Gasteiger partial charge is 0.0593 e. The second-order valence-electron chi connectivity index (χ2n) is 6.42. The fourth-order valence-electron chi connectivity index (χ4n) is 3.15. The largest absolute Gasteiger partial charge is 0.378 e. The summed E-state index contributed by atoms with van der Waals surface area (Å²) in [6, 6.07) is 0. The summed E-state index contributed by atoms with van der Waals surface area (Å²) < 4.78 is 5.85. The van der Waals surface area contributed by atoms with Gasteiger partial charge in [0.25, 0.3) is 0 Å². The van der Waals surface area contributed by atoms with E-state index in [0.29, 0.717) is 6.10 Å². The highest BCUT2D eigenvalue weighted by molar-refractivity contribution is 4.95. The number of nitrogens with one attached hydrogen (secondary N) is 1. The van der Waals surface area contributed by atoms with Crippen LogP contribution in [0.1, 0.15) is 52.4 Å². The average Bonchev–Trinajstić information content (AvgIpc) is 3.21. The molecule has 2 rings (SSSR count). The molecule has 3 nitrogen and oxygen atoms in total. The van der Waals surface area contributed by atoms with E-state index in [1.54, 1.807) is 0 Å². The molecule has 0 radical (unpaired) electrons. The minimum absolute atomic E-state index is 0.140. The molecule has 1 saturated heterocycles. The Labute approximate surface area is 112 Å². The molecule has 3 unspecified atom stereocenters. The summed E-state index contributed by atoms with van der Waals surface area (Å²) in [5.74, 6) is 1.78. The van der Waals surface area contributed by atoms with Crippen molar-refractivity contribution in [3.05, 3.63) is 0 Å². The molecule has 1 saturated carbocycles. The third-order valence-electron chi connectivity index (χ3n) is 4.78. The van der Waals surface area contributed by atoms with Gasteiger partial charge < -0.3 is 15.8 Å². The van der Waals surface area contributed by atoms with Crippen LogP contribution in [0.25, 0.3) is 0 Å². The maximum absolute atomic E-state index is 6.06. The van der Waals surface area contributed by atoms with E-state index >= 15 is 0 Å². The molecule has 0 bridgehead atoms. The average molecular weight is 254 g/mol. The highest BCUT2D eigenvalue weighted by atomic mass is 16.5. The van der Waals surface area contributed by atoms with Gasteiger partial charge in [-0.05, 0) is 50.5 Å². The van der Waals surface area contributed by atoms with Crippen molar-refractivity contribution in [1.29, 1.82) is 0 Å². The molecule has 0 aromatic carbocycles. The molecule has 18 heavy (non-hydrogen) atoms. The van der Waals surface area contributed by atoms with Crippen molar-refractivity contribution in [3.8, 4) is 0 Å². The number of hydrogen-bond donors (Lipinski definition) is 2. The van der Waals surface area contributed by atoms with Gasteiger partial charge in [0.2, 0.25) is 0 Å². The maximum Gasteiger partial charge on any atom is 0.0593 e. The van der Waals surface area contributed by atoms with Crippen LogP contribution in [0.5, 0.6) is 0 Å². The molecule has 2 aliphatic rings. The maximum atomic E-state index is 6.06. The lowest BCUT2D eigenvalue weighted by Gasteiger charge is -2.41. The Balaban J connectivity index is 1.83. The standard InChI is InChI=1S/C15H30N2O/c1-3-4-14-9-15(11-16,7-8-18-14)17-10-12(2)13-5-6-13/h12-14,17H,3-11,16H2,1-2H3. The first-order chi connectivity index (χ1) is 8.69. The first-order valence-corrected chi connectivity index (χ1v) is 7.76. The van der Waals surface area contributed by atoms with Gasteiger partial charge in [0, 0.05) is 18.7 Å². The van der Waals surface area contributed by atoms with Gasteiger partial charge in [-0.2, -0.15) is 0 Å². The van der Waals surface area contributed by atoms with Crippen LogP contribution >= 0.6 is 0 Å². The third kappa shape index (κ3) is 3.69. The van der Waals surface area contributed by atoms with E-state index in [0.717, 1.165) is 44.4 Å². The zero-order valence-corrected chi connectivity index (χ0v) is 12.1. The van der Waals surface area contributed by atoms with Gasteiger partial charge >= 0.3 is 0 Å². The molecular formula is C15H30N2O. The first-order valence-electron chi connectivity index (χ1n) is 7.76. The van der Waals surface area contributed by atoms with Crippen LogP contribution in [0.2, 0.25) is 0 Å². The van der Waals surface area contributed by atoms with Crippen molar-refractivity contribution < 1.29 is 4.74 Å². The van der Waals surface area contributed by atoms with E-state index in [1.807, 2.05) is 0 Å². The Kier molecular flexibility index (Phi) is 5.05. The molecule has 0 spiro atoms. The second-order valence-corrected chi connectivity index (χ2v) is 6.42. The lowest BCUT2D eigenvalue weighted by Crippen LogP contribution is -2.57. The molecule has 3 atom stereocenters. The Hall–Kier alpha value is -0.120. The SMILES string of the molecule is CCCC1CC(CN)(NCC(C)C2CC2)CCO1. The van der Waals surface area contributed by atoms with E-state index in [2.05, 4.69) is 19.2 Å². The Bertz CT molecular complexity index is 253. The molecular weight excluding hydrogens is 224 g/mol. The summed E-state index contributed by atoms with van der Waals surface area (Å²) in [7, 11) is 0. The van der Waals surface area contributed by atoms with Crippen LogP contribution < -0.4 is 11.1 Å². The summed E-state index contributed by atoms with van der Waals surface area (Å²) in [5.41, 5.74) is 6.20. The van der Waals surface area contributed by atoms with E-state index in [4.69, 9.17) is 10.5 Å². The van der Waals surface area contributed by atoms with Crippen LogP contribution in [0.4, 0.5) is 0 Å². The van der Waals surface area contributed by atoms with Crippen molar-refractivity contribution >= 4 is 0 Å². The summed E-state index contributed by atoms with van der Waals surface area (Å²) in [4.78, 5) is 0. The van der Waals surface area contributed by atoms with Crippen molar-refractivity contribution in [3.63, 3.8) is 0 Å². The van der Waals surface area contributed by atoms with Gasteiger partial charge in [-0.3, -0.25) is 0 Å². The molecule has 3 heteroatoms. The van der Waals surface area contributed by atoms with Crippen LogP contribution in [0.3, 0.4) is 0 Å². The first kappa shape index (κ1) is 14.3. The summed E-state index contributed by atoms with van der Waals surface area (Å²) in [6.45, 7) is 7.34. The van der Waals surface area contributed by atoms with Gasteiger partial charge in [-0.15, -0.1) is 0 Å². The lowest BCUT2D eigenvalue weighted by molar-refractivity contribution is -0.0314. The fourth-order valence-corrected chi connectivity index (χ4v) is 3.15. The number of hydrogen-bond acceptors (Lipinski definition) is 3. The number of ether oxygens (including phenoxy) is 1. The summed E-state index contributed by atoms with van der Waals surface area (Å²) >= 11 is 0. The fraction of sp³-hybridized carbons (Fsp3) is 1.00. The van der Waals surface area contributed by atoms with Gasteiger partial charge in [0.1, 0.15) is 0 Å². The predicted molar refractivity (Wildman–Crippen MR) is 75.6 cm³/mol. The van der Waals surface area contributed by atoms with Gasteiger partial charge in [-0.1, -0.05) is 20.3 Å². The number of rotatable bonds is 7. The van der Waals surface area contributed by atoms with E-state index in [1.165, 1.54) is 25.7 Å². The highest BCUT2D eigenvalue weighted by Gasteiger charge is 2.36. The molecule has 0 aromatic rings. The van der Waals surface area contributed by atoms with Crippen LogP contribution in [-0.4, -0.2) is 31.3 Å². The van der Waals surface area contributed by atoms with E-state index in [-0.39, 0.29) is 5.54 Å². The van der Waals surface area contributed by atoms with Gasteiger partial charge in [0.15, 0.2) is 0 Å². The third-order valence-corrected chi connectivity index (χ3v) is 4.78. The zero-order chi connectivity index (χ0) is 13.0. The van der Waals surface area contributed by atoms with Crippen molar-refractivity contribution in [2.75, 3.05) is 19.7 Å². The minimum atomic E-state index is 0.140. The van der Waals surface area contributed by atoms with Crippen LogP contribution in [-0.2, 0) is 4.74 Å². The summed E-state index contributed by atoms with van der Waals surface area (Å²) in [6.07, 6.45) is 7.80. The number of nitrogens with two attached hydrogens (primary N) is 1.